The van der Waals surface area contributed by atoms with Crippen molar-refractivity contribution in [2.24, 2.45) is 5.92 Å². The van der Waals surface area contributed by atoms with Gasteiger partial charge in [0.1, 0.15) is 0 Å². The maximum absolute atomic E-state index is 13.7. The highest BCUT2D eigenvalue weighted by Gasteiger charge is 2.33. The maximum Gasteiger partial charge on any atom is 0.251 e. The number of aromatic amines is 1. The minimum Gasteiger partial charge on any atom is -0.341 e. The van der Waals surface area contributed by atoms with Gasteiger partial charge in [0.25, 0.3) is 5.56 Å². The van der Waals surface area contributed by atoms with Gasteiger partial charge in [-0.3, -0.25) is 9.59 Å². The number of Topliss-reactive ketones (excluding diaryl/α,β-unsaturated/α-hetero) is 1. The molecule has 8 nitrogen and oxygen atoms in total. The summed E-state index contributed by atoms with van der Waals surface area (Å²) in [6.07, 6.45) is 4.60. The second-order valence-electron chi connectivity index (χ2n) is 12.1. The van der Waals surface area contributed by atoms with E-state index >= 15 is 0 Å². The van der Waals surface area contributed by atoms with Gasteiger partial charge in [0.2, 0.25) is 10.0 Å². The van der Waals surface area contributed by atoms with Crippen LogP contribution in [0.3, 0.4) is 0 Å². The molecule has 0 saturated carbocycles. The Labute approximate surface area is 243 Å². The summed E-state index contributed by atoms with van der Waals surface area (Å²) in [4.78, 5) is 31.3. The van der Waals surface area contributed by atoms with Crippen LogP contribution in [0.1, 0.15) is 77.9 Å². The van der Waals surface area contributed by atoms with Crippen molar-refractivity contribution >= 4 is 26.7 Å². The molecule has 0 radical (unpaired) electrons. The Morgan fingerprint density at radius 3 is 2.41 bits per heavy atom. The molecule has 0 aliphatic carbocycles. The molecule has 1 atom stereocenters. The normalized spacial score (nSPS) is 18.3. The molecule has 2 aliphatic heterocycles. The number of nitrogens with one attached hydrogen (secondary N) is 1. The highest BCUT2D eigenvalue weighted by atomic mass is 32.2. The number of aryl methyl sites for hydroxylation is 2. The molecule has 0 amide bonds. The summed E-state index contributed by atoms with van der Waals surface area (Å²) in [6.45, 7) is 11.7. The number of para-hydroxylation sites is 1. The molecule has 4 heterocycles. The van der Waals surface area contributed by atoms with Crippen molar-refractivity contribution in [3.8, 4) is 0 Å². The Balaban J connectivity index is 1.30. The molecule has 9 heteroatoms. The van der Waals surface area contributed by atoms with Crippen molar-refractivity contribution in [3.63, 3.8) is 0 Å². The number of hydrogen-bond donors (Lipinski definition) is 1. The van der Waals surface area contributed by atoms with Crippen LogP contribution >= 0.6 is 0 Å². The Hall–Kier alpha value is -2.75. The largest absolute Gasteiger partial charge is 0.341 e. The number of sulfonamides is 1. The molecule has 1 N–H and O–H groups in total. The third-order valence-electron chi connectivity index (χ3n) is 9.38. The number of likely N-dealkylation sites (tertiary alicyclic amines) is 1. The van der Waals surface area contributed by atoms with E-state index in [0.29, 0.717) is 37.5 Å². The molecule has 0 spiro atoms. The minimum atomic E-state index is -3.26. The number of ketones is 1. The molecule has 2 aromatic heterocycles. The summed E-state index contributed by atoms with van der Waals surface area (Å²) in [5, 5.41) is 0.943. The first-order chi connectivity index (χ1) is 19.6. The van der Waals surface area contributed by atoms with E-state index in [2.05, 4.69) is 27.4 Å². The van der Waals surface area contributed by atoms with Gasteiger partial charge in [0.15, 0.2) is 5.78 Å². The highest BCUT2D eigenvalue weighted by Crippen LogP contribution is 2.36. The number of rotatable bonds is 10. The molecule has 1 aromatic carbocycles. The van der Waals surface area contributed by atoms with Crippen LogP contribution in [0.2, 0.25) is 0 Å². The molecule has 222 valence electrons. The lowest BCUT2D eigenvalue weighted by Gasteiger charge is -2.35. The Morgan fingerprint density at radius 1 is 1.05 bits per heavy atom. The Bertz CT molecular complexity index is 1570. The SMILES string of the molecule is Cc1cc(C)c(CCC(=O)c2c(C)n([C@H](C)C3CCN(S(=O)(=O)CCN4CCCC4)CC3)c3ccccc23)c(=O)[nH]1. The molecule has 2 saturated heterocycles. The van der Waals surface area contributed by atoms with Gasteiger partial charge >= 0.3 is 0 Å². The molecule has 5 rings (SSSR count). The van der Waals surface area contributed by atoms with Crippen LogP contribution in [-0.2, 0) is 16.4 Å². The van der Waals surface area contributed by atoms with E-state index in [-0.39, 0.29) is 29.6 Å². The first-order valence-corrected chi connectivity index (χ1v) is 16.7. The van der Waals surface area contributed by atoms with Crippen LogP contribution in [-0.4, -0.2) is 71.4 Å². The number of piperidine rings is 1. The quantitative estimate of drug-likeness (QED) is 0.349. The molecule has 3 aromatic rings. The molecule has 41 heavy (non-hydrogen) atoms. The van der Waals surface area contributed by atoms with Gasteiger partial charge in [0.05, 0.1) is 5.75 Å². The van der Waals surface area contributed by atoms with E-state index in [1.807, 2.05) is 45.0 Å². The first kappa shape index (κ1) is 29.7. The molecular weight excluding hydrogens is 536 g/mol. The predicted molar refractivity (Wildman–Crippen MR) is 164 cm³/mol. The van der Waals surface area contributed by atoms with Crippen molar-refractivity contribution in [2.45, 2.75) is 72.3 Å². The van der Waals surface area contributed by atoms with Crippen molar-refractivity contribution in [1.82, 2.24) is 18.8 Å². The summed E-state index contributed by atoms with van der Waals surface area (Å²) < 4.78 is 30.1. The zero-order valence-corrected chi connectivity index (χ0v) is 25.7. The van der Waals surface area contributed by atoms with Crippen molar-refractivity contribution < 1.29 is 13.2 Å². The molecule has 0 unspecified atom stereocenters. The average molecular weight is 581 g/mol. The first-order valence-electron chi connectivity index (χ1n) is 15.1. The van der Waals surface area contributed by atoms with Crippen LogP contribution in [0.5, 0.6) is 0 Å². The summed E-state index contributed by atoms with van der Waals surface area (Å²) in [7, 11) is -3.26. The topological polar surface area (TPSA) is 95.5 Å². The minimum absolute atomic E-state index is 0.0444. The van der Waals surface area contributed by atoms with Crippen LogP contribution < -0.4 is 5.56 Å². The predicted octanol–water partition coefficient (Wildman–Crippen LogP) is 4.77. The lowest BCUT2D eigenvalue weighted by molar-refractivity contribution is 0.0983. The van der Waals surface area contributed by atoms with Gasteiger partial charge < -0.3 is 14.5 Å². The van der Waals surface area contributed by atoms with Gasteiger partial charge in [-0.05, 0) is 96.5 Å². The van der Waals surface area contributed by atoms with E-state index < -0.39 is 10.0 Å². The fraction of sp³-hybridized carbons (Fsp3) is 0.562. The number of hydrogen-bond acceptors (Lipinski definition) is 5. The third-order valence-corrected chi connectivity index (χ3v) is 11.2. The highest BCUT2D eigenvalue weighted by molar-refractivity contribution is 7.89. The summed E-state index contributed by atoms with van der Waals surface area (Å²) in [5.74, 6) is 0.558. The van der Waals surface area contributed by atoms with Crippen molar-refractivity contribution in [2.75, 3.05) is 38.5 Å². The second-order valence-corrected chi connectivity index (χ2v) is 14.1. The van der Waals surface area contributed by atoms with E-state index in [0.717, 1.165) is 72.2 Å². The Morgan fingerprint density at radius 2 is 1.73 bits per heavy atom. The number of H-pyrrole nitrogens is 1. The Kier molecular flexibility index (Phi) is 8.87. The maximum atomic E-state index is 13.7. The summed E-state index contributed by atoms with van der Waals surface area (Å²) in [5.41, 5.74) is 4.99. The zero-order chi connectivity index (χ0) is 29.3. The van der Waals surface area contributed by atoms with E-state index in [4.69, 9.17) is 0 Å². The van der Waals surface area contributed by atoms with Gasteiger partial charge in [-0.1, -0.05) is 18.2 Å². The monoisotopic (exact) mass is 580 g/mol. The van der Waals surface area contributed by atoms with Gasteiger partial charge in [0, 0.05) is 65.5 Å². The fourth-order valence-corrected chi connectivity index (χ4v) is 8.56. The van der Waals surface area contributed by atoms with Crippen LogP contribution in [0.25, 0.3) is 10.9 Å². The number of fused-ring (bicyclic) bond motifs is 1. The smallest absolute Gasteiger partial charge is 0.251 e. The molecule has 2 aliphatic rings. The number of benzene rings is 1. The lowest BCUT2D eigenvalue weighted by Crippen LogP contribution is -2.43. The van der Waals surface area contributed by atoms with Crippen molar-refractivity contribution in [1.29, 1.82) is 0 Å². The number of carbonyl (C=O) groups is 1. The average Bonchev–Trinajstić information content (AvgIpc) is 3.56. The van der Waals surface area contributed by atoms with E-state index in [1.54, 1.807) is 4.31 Å². The lowest BCUT2D eigenvalue weighted by atomic mass is 9.91. The zero-order valence-electron chi connectivity index (χ0n) is 24.9. The van der Waals surface area contributed by atoms with Crippen LogP contribution in [0.4, 0.5) is 0 Å². The van der Waals surface area contributed by atoms with Gasteiger partial charge in [-0.25, -0.2) is 12.7 Å². The van der Waals surface area contributed by atoms with Gasteiger partial charge in [-0.2, -0.15) is 0 Å². The fourth-order valence-electron chi connectivity index (χ4n) is 7.05. The van der Waals surface area contributed by atoms with Gasteiger partial charge in [-0.15, -0.1) is 0 Å². The second kappa shape index (κ2) is 12.2. The number of carbonyl (C=O) groups excluding carboxylic acids is 1. The summed E-state index contributed by atoms with van der Waals surface area (Å²) in [6, 6.07) is 10.1. The van der Waals surface area contributed by atoms with Crippen LogP contribution in [0.15, 0.2) is 35.1 Å². The standard InChI is InChI=1S/C32H44N4O4S/c1-22-21-23(2)33-32(38)27(22)11-12-30(37)31-25(4)36(29-10-6-5-9-28(29)31)24(3)26-13-17-35(18-14-26)41(39,40)20-19-34-15-7-8-16-34/h5-6,9-10,21,24,26H,7-8,11-20H2,1-4H3,(H,33,38)/t24-/m1/s1. The van der Waals surface area contributed by atoms with Crippen LogP contribution in [0, 0.1) is 26.7 Å². The number of aromatic nitrogens is 2. The van der Waals surface area contributed by atoms with E-state index in [9.17, 15) is 18.0 Å². The van der Waals surface area contributed by atoms with Crippen molar-refractivity contribution in [3.05, 3.63) is 68.8 Å². The van der Waals surface area contributed by atoms with E-state index in [1.165, 1.54) is 0 Å². The summed E-state index contributed by atoms with van der Waals surface area (Å²) >= 11 is 0. The molecular formula is C32H44N4O4S. The molecule has 2 fully saturated rings. The number of pyridine rings is 1. The number of nitrogens with zero attached hydrogens (tertiary/aromatic N) is 3. The third kappa shape index (κ3) is 6.22. The molecule has 0 bridgehead atoms.